The second-order valence-corrected chi connectivity index (χ2v) is 7.15. The van der Waals surface area contributed by atoms with E-state index in [0.717, 1.165) is 12.1 Å². The van der Waals surface area contributed by atoms with Crippen molar-refractivity contribution in [2.45, 2.75) is 24.8 Å². The van der Waals surface area contributed by atoms with Gasteiger partial charge in [-0.25, -0.2) is 8.42 Å². The van der Waals surface area contributed by atoms with Crippen LogP contribution in [0.4, 0.5) is 0 Å². The Bertz CT molecular complexity index is 758. The molecule has 0 N–H and O–H groups in total. The van der Waals surface area contributed by atoms with Crippen molar-refractivity contribution >= 4 is 21.6 Å². The van der Waals surface area contributed by atoms with Gasteiger partial charge in [-0.1, -0.05) is 23.7 Å². The highest BCUT2D eigenvalue weighted by Crippen LogP contribution is 2.28. The molecule has 6 nitrogen and oxygen atoms in total. The predicted molar refractivity (Wildman–Crippen MR) is 82.5 cm³/mol. The highest BCUT2D eigenvalue weighted by molar-refractivity contribution is 7.89. The molecule has 22 heavy (non-hydrogen) atoms. The van der Waals surface area contributed by atoms with Crippen LogP contribution in [0.3, 0.4) is 0 Å². The van der Waals surface area contributed by atoms with E-state index in [-0.39, 0.29) is 16.5 Å². The molecule has 0 saturated carbocycles. The minimum absolute atomic E-state index is 0.0935. The number of methoxy groups -OCH3 is 1. The van der Waals surface area contributed by atoms with Gasteiger partial charge in [0.05, 0.1) is 29.3 Å². The maximum absolute atomic E-state index is 12.5. The molecule has 1 aromatic heterocycles. The van der Waals surface area contributed by atoms with Crippen LogP contribution in [-0.4, -0.2) is 32.0 Å². The predicted octanol–water partition coefficient (Wildman–Crippen LogP) is 2.72. The molecule has 0 spiro atoms. The molecular weight excluding hydrogens is 328 g/mol. The van der Waals surface area contributed by atoms with Crippen molar-refractivity contribution in [1.29, 1.82) is 0 Å². The van der Waals surface area contributed by atoms with Gasteiger partial charge in [0.15, 0.2) is 5.76 Å². The summed E-state index contributed by atoms with van der Waals surface area (Å²) in [7, 11) is -0.734. The molecule has 0 aliphatic carbocycles. The molecule has 0 bridgehead atoms. The number of sulfonamides is 1. The monoisotopic (exact) mass is 344 g/mol. The second kappa shape index (κ2) is 6.68. The van der Waals surface area contributed by atoms with Gasteiger partial charge >= 0.3 is 0 Å². The largest absolute Gasteiger partial charge is 0.495 e. The fraction of sp³-hybridized carbons (Fsp3) is 0.357. The lowest BCUT2D eigenvalue weighted by Crippen LogP contribution is -2.26. The van der Waals surface area contributed by atoms with E-state index < -0.39 is 10.0 Å². The first-order valence-corrected chi connectivity index (χ1v) is 8.44. The Morgan fingerprint density at radius 2 is 2.09 bits per heavy atom. The summed E-state index contributed by atoms with van der Waals surface area (Å²) in [5.74, 6) is 0.911. The van der Waals surface area contributed by atoms with Crippen molar-refractivity contribution in [3.63, 3.8) is 0 Å². The number of halogens is 1. The van der Waals surface area contributed by atoms with Gasteiger partial charge in [-0.3, -0.25) is 0 Å². The van der Waals surface area contributed by atoms with Crippen LogP contribution in [0.25, 0.3) is 0 Å². The Morgan fingerprint density at radius 1 is 1.36 bits per heavy atom. The van der Waals surface area contributed by atoms with Crippen LogP contribution in [0.2, 0.25) is 5.02 Å². The average molecular weight is 345 g/mol. The van der Waals surface area contributed by atoms with Crippen molar-refractivity contribution < 1.29 is 17.7 Å². The molecule has 1 aromatic carbocycles. The van der Waals surface area contributed by atoms with E-state index in [4.69, 9.17) is 20.9 Å². The van der Waals surface area contributed by atoms with Crippen molar-refractivity contribution in [3.05, 3.63) is 40.7 Å². The Labute approximate surface area is 134 Å². The lowest BCUT2D eigenvalue weighted by molar-refractivity contribution is 0.340. The molecule has 0 fully saturated rings. The standard InChI is InChI=1S/C14H17ClN2O4S/c1-4-10-7-11(21-16-10)9-17(2)22(18,19)12-5-6-14(20-3)13(15)8-12/h5-8H,4,9H2,1-3H3. The zero-order chi connectivity index (χ0) is 16.3. The quantitative estimate of drug-likeness (QED) is 0.805. The third kappa shape index (κ3) is 3.43. The molecule has 2 aromatic rings. The summed E-state index contributed by atoms with van der Waals surface area (Å²) in [6.45, 7) is 2.04. The zero-order valence-corrected chi connectivity index (χ0v) is 14.1. The van der Waals surface area contributed by atoms with Crippen molar-refractivity contribution in [2.75, 3.05) is 14.2 Å². The molecule has 0 aliphatic rings. The summed E-state index contributed by atoms with van der Waals surface area (Å²) in [5, 5.41) is 4.09. The van der Waals surface area contributed by atoms with Crippen LogP contribution in [0.1, 0.15) is 18.4 Å². The van der Waals surface area contributed by atoms with Gasteiger partial charge in [0.2, 0.25) is 10.0 Å². The first-order valence-electron chi connectivity index (χ1n) is 6.62. The lowest BCUT2D eigenvalue weighted by Gasteiger charge is -2.16. The third-order valence-electron chi connectivity index (χ3n) is 3.18. The average Bonchev–Trinajstić information content (AvgIpc) is 2.94. The van der Waals surface area contributed by atoms with Crippen LogP contribution in [0.5, 0.6) is 5.75 Å². The fourth-order valence-corrected chi connectivity index (χ4v) is 3.38. The summed E-state index contributed by atoms with van der Waals surface area (Å²) in [5.41, 5.74) is 0.785. The van der Waals surface area contributed by atoms with Gasteiger partial charge in [0.1, 0.15) is 5.75 Å². The highest BCUT2D eigenvalue weighted by atomic mass is 35.5. The van der Waals surface area contributed by atoms with Gasteiger partial charge in [0.25, 0.3) is 0 Å². The number of benzene rings is 1. The van der Waals surface area contributed by atoms with Crippen LogP contribution in [0, 0.1) is 0 Å². The minimum atomic E-state index is -3.68. The SMILES string of the molecule is CCc1cc(CN(C)S(=O)(=O)c2ccc(OC)c(Cl)c2)on1. The van der Waals surface area contributed by atoms with E-state index in [2.05, 4.69) is 5.16 Å². The third-order valence-corrected chi connectivity index (χ3v) is 5.27. The van der Waals surface area contributed by atoms with Gasteiger partial charge in [0, 0.05) is 13.1 Å². The molecule has 0 amide bonds. The summed E-state index contributed by atoms with van der Waals surface area (Å²) in [6, 6.07) is 6.08. The smallest absolute Gasteiger partial charge is 0.243 e. The van der Waals surface area contributed by atoms with E-state index >= 15 is 0 Å². The molecule has 120 valence electrons. The maximum atomic E-state index is 12.5. The molecular formula is C14H17ClN2O4S. The molecule has 2 rings (SSSR count). The van der Waals surface area contributed by atoms with Crippen molar-refractivity contribution in [3.8, 4) is 5.75 Å². The minimum Gasteiger partial charge on any atom is -0.495 e. The Kier molecular flexibility index (Phi) is 5.10. The number of ether oxygens (including phenoxy) is 1. The van der Waals surface area contributed by atoms with Gasteiger partial charge < -0.3 is 9.26 Å². The maximum Gasteiger partial charge on any atom is 0.243 e. The summed E-state index contributed by atoms with van der Waals surface area (Å²) < 4.78 is 36.4. The van der Waals surface area contributed by atoms with Crippen LogP contribution in [0.15, 0.2) is 33.7 Å². The number of hydrogen-bond donors (Lipinski definition) is 0. The highest BCUT2D eigenvalue weighted by Gasteiger charge is 2.23. The van der Waals surface area contributed by atoms with Crippen LogP contribution >= 0.6 is 11.6 Å². The van der Waals surface area contributed by atoms with Gasteiger partial charge in [-0.05, 0) is 24.6 Å². The van der Waals surface area contributed by atoms with Crippen molar-refractivity contribution in [2.24, 2.45) is 0 Å². The first kappa shape index (κ1) is 16.8. The molecule has 0 atom stereocenters. The van der Waals surface area contributed by atoms with Gasteiger partial charge in [-0.15, -0.1) is 0 Å². The van der Waals surface area contributed by atoms with E-state index in [9.17, 15) is 8.42 Å². The molecule has 1 heterocycles. The number of rotatable bonds is 6. The van der Waals surface area contributed by atoms with Crippen LogP contribution < -0.4 is 4.74 Å². The molecule has 0 unspecified atom stereocenters. The molecule has 0 aliphatic heterocycles. The molecule has 8 heteroatoms. The Hall–Kier alpha value is -1.57. The summed E-state index contributed by atoms with van der Waals surface area (Å²) in [4.78, 5) is 0.0935. The van der Waals surface area contributed by atoms with E-state index in [0.29, 0.717) is 11.5 Å². The van der Waals surface area contributed by atoms with E-state index in [1.54, 1.807) is 6.07 Å². The molecule has 0 radical (unpaired) electrons. The number of aromatic nitrogens is 1. The fourth-order valence-electron chi connectivity index (χ4n) is 1.89. The Morgan fingerprint density at radius 3 is 2.64 bits per heavy atom. The zero-order valence-electron chi connectivity index (χ0n) is 12.5. The molecule has 0 saturated heterocycles. The second-order valence-electron chi connectivity index (χ2n) is 4.70. The summed E-state index contributed by atoms with van der Waals surface area (Å²) >= 11 is 5.99. The van der Waals surface area contributed by atoms with Crippen molar-refractivity contribution in [1.82, 2.24) is 9.46 Å². The van der Waals surface area contributed by atoms with E-state index in [1.807, 2.05) is 6.92 Å². The normalized spacial score (nSPS) is 11.9. The number of aryl methyl sites for hydroxylation is 1. The number of hydrogen-bond acceptors (Lipinski definition) is 5. The number of nitrogens with zero attached hydrogens (tertiary/aromatic N) is 2. The van der Waals surface area contributed by atoms with Gasteiger partial charge in [-0.2, -0.15) is 4.31 Å². The van der Waals surface area contributed by atoms with Crippen LogP contribution in [-0.2, 0) is 23.0 Å². The first-order chi connectivity index (χ1) is 10.4. The Balaban J connectivity index is 2.23. The topological polar surface area (TPSA) is 72.6 Å². The summed E-state index contributed by atoms with van der Waals surface area (Å²) in [6.07, 6.45) is 0.730. The lowest BCUT2D eigenvalue weighted by atomic mass is 10.3. The van der Waals surface area contributed by atoms with E-state index in [1.165, 1.54) is 36.7 Å².